The van der Waals surface area contributed by atoms with Crippen LogP contribution < -0.4 is 16.0 Å². The molecule has 0 spiro atoms. The summed E-state index contributed by atoms with van der Waals surface area (Å²) in [5, 5.41) is 7.82. The van der Waals surface area contributed by atoms with Gasteiger partial charge in [0.2, 0.25) is 17.7 Å². The molecule has 3 N–H and O–H groups in total. The molecule has 1 aliphatic carbocycles. The average Bonchev–Trinajstić information content (AvgIpc) is 3.55. The van der Waals surface area contributed by atoms with E-state index in [0.29, 0.717) is 18.5 Å². The highest BCUT2D eigenvalue weighted by molar-refractivity contribution is 6.10. The van der Waals surface area contributed by atoms with E-state index in [0.717, 1.165) is 23.3 Å². The molecule has 2 aliphatic heterocycles. The maximum absolute atomic E-state index is 12.6. The van der Waals surface area contributed by atoms with E-state index in [-0.39, 0.29) is 36.6 Å². The highest BCUT2D eigenvalue weighted by atomic mass is 16.2. The van der Waals surface area contributed by atoms with Gasteiger partial charge in [-0.15, -0.1) is 0 Å². The first kappa shape index (κ1) is 21.0. The molecule has 1 aromatic carbocycles. The van der Waals surface area contributed by atoms with E-state index in [1.165, 1.54) is 0 Å². The molecule has 9 heteroatoms. The Morgan fingerprint density at radius 1 is 1.16 bits per heavy atom. The van der Waals surface area contributed by atoms with Crippen LogP contribution in [0, 0.1) is 5.92 Å². The van der Waals surface area contributed by atoms with Crippen molar-refractivity contribution in [2.45, 2.75) is 56.9 Å². The van der Waals surface area contributed by atoms with Crippen LogP contribution in [0.2, 0.25) is 0 Å². The number of benzene rings is 1. The van der Waals surface area contributed by atoms with E-state index in [1.54, 1.807) is 31.2 Å². The fourth-order valence-electron chi connectivity index (χ4n) is 4.58. The Labute approximate surface area is 179 Å². The molecule has 31 heavy (non-hydrogen) atoms. The van der Waals surface area contributed by atoms with Gasteiger partial charge in [-0.25, -0.2) is 4.79 Å². The molecule has 164 valence electrons. The third kappa shape index (κ3) is 3.58. The highest BCUT2D eigenvalue weighted by Crippen LogP contribution is 2.42. The Kier molecular flexibility index (Phi) is 5.07. The zero-order chi connectivity index (χ0) is 22.4. The lowest BCUT2D eigenvalue weighted by Gasteiger charge is -2.35. The zero-order valence-electron chi connectivity index (χ0n) is 17.6. The molecule has 0 radical (unpaired) electrons. The van der Waals surface area contributed by atoms with Crippen molar-refractivity contribution in [1.82, 2.24) is 15.5 Å². The molecule has 3 fully saturated rings. The molecule has 2 atom stereocenters. The standard InChI is InChI=1S/C22H26N4O5/c1-3-22(11-10-16(27)24-18(22)29)14-6-8-15(9-7-14)23-17(28)12-26-19(30)21(2,13-4-5-13)25-20(26)31/h6-9,13H,3-5,10-12H2,1-2H3,(H,23,28)(H,25,31)(H,24,27,29). The molecule has 1 saturated carbocycles. The number of carbonyl (C=O) groups is 5. The maximum atomic E-state index is 12.6. The van der Waals surface area contributed by atoms with Crippen LogP contribution in [0.5, 0.6) is 0 Å². The first-order valence-corrected chi connectivity index (χ1v) is 10.6. The van der Waals surface area contributed by atoms with Gasteiger partial charge in [0.15, 0.2) is 0 Å². The van der Waals surface area contributed by atoms with E-state index >= 15 is 0 Å². The summed E-state index contributed by atoms with van der Waals surface area (Å²) in [7, 11) is 0. The van der Waals surface area contributed by atoms with Crippen LogP contribution in [-0.2, 0) is 24.6 Å². The highest BCUT2D eigenvalue weighted by Gasteiger charge is 2.56. The van der Waals surface area contributed by atoms with Gasteiger partial charge in [0.05, 0.1) is 5.41 Å². The number of nitrogens with zero attached hydrogens (tertiary/aromatic N) is 1. The van der Waals surface area contributed by atoms with Gasteiger partial charge >= 0.3 is 6.03 Å². The molecule has 2 saturated heterocycles. The second-order valence-corrected chi connectivity index (χ2v) is 8.74. The molecular weight excluding hydrogens is 400 g/mol. The number of imide groups is 2. The fraction of sp³-hybridized carbons (Fsp3) is 0.500. The number of piperidine rings is 1. The molecule has 6 amide bonds. The third-order valence-electron chi connectivity index (χ3n) is 6.79. The van der Waals surface area contributed by atoms with Crippen LogP contribution in [0.3, 0.4) is 0 Å². The van der Waals surface area contributed by atoms with Crippen LogP contribution in [0.15, 0.2) is 24.3 Å². The van der Waals surface area contributed by atoms with Gasteiger partial charge in [-0.3, -0.25) is 29.4 Å². The van der Waals surface area contributed by atoms with Gasteiger partial charge in [-0.05, 0) is 56.2 Å². The lowest BCUT2D eigenvalue weighted by atomic mass is 9.72. The number of amides is 6. The van der Waals surface area contributed by atoms with Crippen LogP contribution in [0.1, 0.15) is 51.5 Å². The predicted molar refractivity (Wildman–Crippen MR) is 111 cm³/mol. The number of carbonyl (C=O) groups excluding carboxylic acids is 5. The van der Waals surface area contributed by atoms with E-state index in [4.69, 9.17) is 0 Å². The Morgan fingerprint density at radius 2 is 1.84 bits per heavy atom. The summed E-state index contributed by atoms with van der Waals surface area (Å²) in [5.41, 5.74) is -0.434. The van der Waals surface area contributed by atoms with Crippen molar-refractivity contribution in [2.75, 3.05) is 11.9 Å². The van der Waals surface area contributed by atoms with E-state index in [2.05, 4.69) is 16.0 Å². The molecule has 2 unspecified atom stereocenters. The van der Waals surface area contributed by atoms with E-state index in [1.807, 2.05) is 6.92 Å². The van der Waals surface area contributed by atoms with Crippen molar-refractivity contribution in [3.63, 3.8) is 0 Å². The van der Waals surface area contributed by atoms with Gasteiger partial charge in [0.25, 0.3) is 5.91 Å². The largest absolute Gasteiger partial charge is 0.325 e. The Morgan fingerprint density at radius 3 is 2.42 bits per heavy atom. The van der Waals surface area contributed by atoms with Crippen LogP contribution in [0.4, 0.5) is 10.5 Å². The summed E-state index contributed by atoms with van der Waals surface area (Å²) in [5.74, 6) is -1.30. The molecule has 4 rings (SSSR count). The first-order valence-electron chi connectivity index (χ1n) is 10.6. The van der Waals surface area contributed by atoms with Crippen molar-refractivity contribution in [1.29, 1.82) is 0 Å². The molecule has 9 nitrogen and oxygen atoms in total. The lowest BCUT2D eigenvalue weighted by Crippen LogP contribution is -2.51. The average molecular weight is 426 g/mol. The normalized spacial score (nSPS) is 28.4. The number of nitrogens with one attached hydrogen (secondary N) is 3. The second kappa shape index (κ2) is 7.47. The summed E-state index contributed by atoms with van der Waals surface area (Å²) >= 11 is 0. The van der Waals surface area contributed by atoms with Crippen LogP contribution >= 0.6 is 0 Å². The van der Waals surface area contributed by atoms with Gasteiger partial charge < -0.3 is 10.6 Å². The summed E-state index contributed by atoms with van der Waals surface area (Å²) in [6.07, 6.45) is 3.04. The molecule has 3 aliphatic rings. The predicted octanol–water partition coefficient (Wildman–Crippen LogP) is 1.43. The molecule has 1 aromatic rings. The lowest BCUT2D eigenvalue weighted by molar-refractivity contribution is -0.138. The minimum absolute atomic E-state index is 0.128. The van der Waals surface area contributed by atoms with Crippen molar-refractivity contribution in [3.8, 4) is 0 Å². The van der Waals surface area contributed by atoms with E-state index < -0.39 is 22.9 Å². The number of anilines is 1. The van der Waals surface area contributed by atoms with E-state index in [9.17, 15) is 24.0 Å². The van der Waals surface area contributed by atoms with Crippen molar-refractivity contribution >= 4 is 35.3 Å². The van der Waals surface area contributed by atoms with Crippen molar-refractivity contribution in [2.24, 2.45) is 5.92 Å². The summed E-state index contributed by atoms with van der Waals surface area (Å²) in [6.45, 7) is 3.25. The van der Waals surface area contributed by atoms with Crippen LogP contribution in [-0.4, -0.2) is 46.6 Å². The SMILES string of the molecule is CCC1(c2ccc(NC(=O)CN3C(=O)NC(C)(C4CC4)C3=O)cc2)CCC(=O)NC1=O. The summed E-state index contributed by atoms with van der Waals surface area (Å²) in [4.78, 5) is 62.3. The quantitative estimate of drug-likeness (QED) is 0.469. The van der Waals surface area contributed by atoms with Gasteiger partial charge in [-0.1, -0.05) is 19.1 Å². The molecule has 0 aromatic heterocycles. The number of hydrogen-bond donors (Lipinski definition) is 3. The molecular formula is C22H26N4O5. The zero-order valence-corrected chi connectivity index (χ0v) is 17.6. The number of urea groups is 1. The van der Waals surface area contributed by atoms with Gasteiger partial charge in [0, 0.05) is 12.1 Å². The topological polar surface area (TPSA) is 125 Å². The minimum Gasteiger partial charge on any atom is -0.325 e. The Bertz CT molecular complexity index is 971. The van der Waals surface area contributed by atoms with Gasteiger partial charge in [0.1, 0.15) is 12.1 Å². The fourth-order valence-corrected chi connectivity index (χ4v) is 4.58. The van der Waals surface area contributed by atoms with Crippen molar-refractivity contribution in [3.05, 3.63) is 29.8 Å². The van der Waals surface area contributed by atoms with Crippen LogP contribution in [0.25, 0.3) is 0 Å². The first-order chi connectivity index (χ1) is 14.7. The van der Waals surface area contributed by atoms with Crippen molar-refractivity contribution < 1.29 is 24.0 Å². The Hall–Kier alpha value is -3.23. The smallest absolute Gasteiger partial charge is 0.325 e. The summed E-state index contributed by atoms with van der Waals surface area (Å²) < 4.78 is 0. The number of hydrogen-bond acceptors (Lipinski definition) is 5. The molecule has 0 bridgehead atoms. The second-order valence-electron chi connectivity index (χ2n) is 8.74. The third-order valence-corrected chi connectivity index (χ3v) is 6.79. The monoisotopic (exact) mass is 426 g/mol. The minimum atomic E-state index is -0.921. The number of rotatable bonds is 6. The van der Waals surface area contributed by atoms with Gasteiger partial charge in [-0.2, -0.15) is 0 Å². The summed E-state index contributed by atoms with van der Waals surface area (Å²) in [6, 6.07) is 6.31. The molecule has 2 heterocycles. The maximum Gasteiger partial charge on any atom is 0.325 e. The Balaban J connectivity index is 1.42.